The zero-order valence-electron chi connectivity index (χ0n) is 20.7. The minimum atomic E-state index is -0.477. The Hall–Kier alpha value is -3.86. The molecule has 1 aliphatic carbocycles. The van der Waals surface area contributed by atoms with Gasteiger partial charge in [-0.1, -0.05) is 23.1 Å². The number of thiophene rings is 1. The first-order valence-electron chi connectivity index (χ1n) is 12.1. The lowest BCUT2D eigenvalue weighted by Gasteiger charge is -2.37. The molecule has 39 heavy (non-hydrogen) atoms. The molecule has 3 aliphatic rings. The zero-order chi connectivity index (χ0) is 27.1. The maximum Gasteiger partial charge on any atom is 0.234 e. The first-order valence-corrected chi connectivity index (χ1v) is 14.7. The van der Waals surface area contributed by atoms with Crippen LogP contribution in [0.1, 0.15) is 34.9 Å². The van der Waals surface area contributed by atoms with Gasteiger partial charge >= 0.3 is 0 Å². The van der Waals surface area contributed by atoms with Gasteiger partial charge in [0.25, 0.3) is 0 Å². The summed E-state index contributed by atoms with van der Waals surface area (Å²) in [5, 5.41) is 22.0. The van der Waals surface area contributed by atoms with Crippen LogP contribution in [0.15, 0.2) is 57.3 Å². The van der Waals surface area contributed by atoms with Gasteiger partial charge in [0, 0.05) is 39.2 Å². The second-order valence-electron chi connectivity index (χ2n) is 9.02. The summed E-state index contributed by atoms with van der Waals surface area (Å²) in [4.78, 5) is 29.5. The van der Waals surface area contributed by atoms with Gasteiger partial charge in [0.05, 0.1) is 23.3 Å². The van der Waals surface area contributed by atoms with Crippen LogP contribution in [-0.4, -0.2) is 34.4 Å². The lowest BCUT2D eigenvalue weighted by Crippen LogP contribution is -2.38. The second kappa shape index (κ2) is 10.4. The third kappa shape index (κ3) is 4.75. The molecule has 0 saturated carbocycles. The van der Waals surface area contributed by atoms with Gasteiger partial charge in [0.15, 0.2) is 21.6 Å². The molecule has 1 atom stereocenters. The predicted octanol–water partition coefficient (Wildman–Crippen LogP) is 4.67. The molecule has 4 heterocycles. The fourth-order valence-corrected chi connectivity index (χ4v) is 7.53. The molecule has 198 valence electrons. The number of nitrogens with one attached hydrogen (secondary N) is 1. The highest BCUT2D eigenvalue weighted by molar-refractivity contribution is 8.01. The Morgan fingerprint density at radius 2 is 2.08 bits per heavy atom. The molecule has 2 aliphatic heterocycles. The topological polar surface area (TPSA) is 143 Å². The Morgan fingerprint density at radius 3 is 2.87 bits per heavy atom. The number of carbonyl (C=O) groups is 2. The van der Waals surface area contributed by atoms with E-state index < -0.39 is 5.92 Å². The number of benzene rings is 1. The van der Waals surface area contributed by atoms with E-state index in [0.29, 0.717) is 57.1 Å². The van der Waals surface area contributed by atoms with Gasteiger partial charge in [-0.2, -0.15) is 5.26 Å². The van der Waals surface area contributed by atoms with E-state index in [2.05, 4.69) is 21.6 Å². The highest BCUT2D eigenvalue weighted by atomic mass is 32.2. The van der Waals surface area contributed by atoms with Crippen molar-refractivity contribution in [2.24, 2.45) is 5.73 Å². The molecule has 3 N–H and O–H groups in total. The number of ether oxygens (including phenoxy) is 2. The highest BCUT2D eigenvalue weighted by Gasteiger charge is 2.41. The van der Waals surface area contributed by atoms with E-state index in [4.69, 9.17) is 15.2 Å². The van der Waals surface area contributed by atoms with Crippen LogP contribution in [-0.2, 0) is 9.59 Å². The lowest BCUT2D eigenvalue weighted by atomic mass is 9.78. The number of carbonyl (C=O) groups excluding carboxylic acids is 2. The number of allylic oxidation sites excluding steroid dienone is 3. The molecule has 0 radical (unpaired) electrons. The molecule has 6 rings (SSSR count). The van der Waals surface area contributed by atoms with E-state index in [1.54, 1.807) is 34.4 Å². The molecule has 13 heteroatoms. The normalized spacial score (nSPS) is 18.3. The minimum Gasteiger partial charge on any atom is -0.454 e. The Balaban J connectivity index is 1.23. The van der Waals surface area contributed by atoms with Crippen LogP contribution in [0.5, 0.6) is 11.5 Å². The van der Waals surface area contributed by atoms with Crippen molar-refractivity contribution in [3.05, 3.63) is 62.8 Å². The van der Waals surface area contributed by atoms with Gasteiger partial charge < -0.3 is 20.5 Å². The van der Waals surface area contributed by atoms with Crippen LogP contribution in [0.3, 0.4) is 0 Å². The maximum absolute atomic E-state index is 13.2. The van der Waals surface area contributed by atoms with Gasteiger partial charge in [-0.3, -0.25) is 14.5 Å². The van der Waals surface area contributed by atoms with Gasteiger partial charge in [0.1, 0.15) is 5.82 Å². The number of aryl methyl sites for hydroxylation is 1. The summed E-state index contributed by atoms with van der Waals surface area (Å²) in [6, 6.07) is 11.4. The number of Topliss-reactive ketones (excluding diaryl/α,β-unsaturated/α-hetero) is 1. The number of nitrogens with zero attached hydrogens (tertiary/aromatic N) is 4. The van der Waals surface area contributed by atoms with Gasteiger partial charge in [-0.15, -0.1) is 21.5 Å². The van der Waals surface area contributed by atoms with Gasteiger partial charge in [0.2, 0.25) is 17.8 Å². The number of hydrogen-bond acceptors (Lipinski definition) is 12. The van der Waals surface area contributed by atoms with Crippen molar-refractivity contribution in [2.45, 2.75) is 36.4 Å². The Kier molecular flexibility index (Phi) is 6.76. The molecule has 0 spiro atoms. The number of ketones is 1. The molecule has 2 aromatic heterocycles. The third-order valence-corrected chi connectivity index (χ3v) is 9.64. The number of anilines is 2. The van der Waals surface area contributed by atoms with Crippen LogP contribution >= 0.6 is 34.4 Å². The quantitative estimate of drug-likeness (QED) is 0.396. The third-order valence-electron chi connectivity index (χ3n) is 6.53. The Labute approximate surface area is 236 Å². The van der Waals surface area contributed by atoms with Crippen LogP contribution in [0, 0.1) is 18.3 Å². The van der Waals surface area contributed by atoms with E-state index >= 15 is 0 Å². The molecule has 1 amide bonds. The predicted molar refractivity (Wildman–Crippen MR) is 149 cm³/mol. The summed E-state index contributed by atoms with van der Waals surface area (Å²) in [5.41, 5.74) is 8.92. The first-order chi connectivity index (χ1) is 18.9. The zero-order valence-corrected chi connectivity index (χ0v) is 23.2. The van der Waals surface area contributed by atoms with Crippen LogP contribution in [0.2, 0.25) is 0 Å². The molecule has 1 aromatic carbocycles. The standard InChI is InChI=1S/C26H22N6O4S3/c1-13-5-8-20(38-13)22-15(10-27)24(28)32(16-3-2-4-17(33)23(16)22)25-30-31-26(39-25)37-11-21(34)29-14-6-7-18-19(9-14)36-12-35-18/h5-9,22H,2-4,11-12,28H2,1H3,(H,29,34). The van der Waals surface area contributed by atoms with Crippen LogP contribution < -0.4 is 25.4 Å². The molecular weight excluding hydrogens is 557 g/mol. The number of amides is 1. The van der Waals surface area contributed by atoms with E-state index in [1.165, 1.54) is 23.1 Å². The van der Waals surface area contributed by atoms with E-state index in [1.807, 2.05) is 19.1 Å². The fraction of sp³-hybridized carbons (Fsp3) is 0.269. The SMILES string of the molecule is Cc1ccc(C2C(C#N)=C(N)N(c3nnc(SCC(=O)Nc4ccc5c(c4)OCO5)s3)C3=C2C(=O)CCC3)s1. The highest BCUT2D eigenvalue weighted by Crippen LogP contribution is 2.48. The molecule has 0 saturated heterocycles. The van der Waals surface area contributed by atoms with Gasteiger partial charge in [-0.25, -0.2) is 0 Å². The van der Waals surface area contributed by atoms with E-state index in [9.17, 15) is 14.9 Å². The van der Waals surface area contributed by atoms with Crippen molar-refractivity contribution in [1.29, 1.82) is 5.26 Å². The second-order valence-corrected chi connectivity index (χ2v) is 12.5. The van der Waals surface area contributed by atoms with Crippen LogP contribution in [0.4, 0.5) is 10.8 Å². The van der Waals surface area contributed by atoms with Crippen molar-refractivity contribution < 1.29 is 19.1 Å². The van der Waals surface area contributed by atoms with Gasteiger partial charge in [-0.05, 0) is 44.0 Å². The molecule has 3 aromatic rings. The van der Waals surface area contributed by atoms with Crippen molar-refractivity contribution in [3.8, 4) is 17.6 Å². The summed E-state index contributed by atoms with van der Waals surface area (Å²) in [5.74, 6) is 0.941. The number of thioether (sulfide) groups is 1. The Morgan fingerprint density at radius 1 is 1.23 bits per heavy atom. The van der Waals surface area contributed by atoms with Crippen LogP contribution in [0.25, 0.3) is 0 Å². The summed E-state index contributed by atoms with van der Waals surface area (Å²) >= 11 is 4.07. The number of hydrogen-bond donors (Lipinski definition) is 2. The Bertz CT molecular complexity index is 1600. The number of aromatic nitrogens is 2. The number of fused-ring (bicyclic) bond motifs is 1. The first kappa shape index (κ1) is 25.4. The average molecular weight is 579 g/mol. The van der Waals surface area contributed by atoms with Crippen molar-refractivity contribution in [2.75, 3.05) is 22.8 Å². The molecule has 1 unspecified atom stereocenters. The lowest BCUT2D eigenvalue weighted by molar-refractivity contribution is -0.116. The summed E-state index contributed by atoms with van der Waals surface area (Å²) < 4.78 is 11.2. The number of nitrogens with two attached hydrogens (primary N) is 1. The van der Waals surface area contributed by atoms with E-state index in [0.717, 1.165) is 15.5 Å². The van der Waals surface area contributed by atoms with Crippen molar-refractivity contribution >= 4 is 56.9 Å². The van der Waals surface area contributed by atoms with Crippen molar-refractivity contribution in [3.63, 3.8) is 0 Å². The fourth-order valence-electron chi connectivity index (χ4n) is 4.85. The molecular formula is C26H22N6O4S3. The molecule has 0 bridgehead atoms. The molecule has 10 nitrogen and oxygen atoms in total. The summed E-state index contributed by atoms with van der Waals surface area (Å²) in [7, 11) is 0. The van der Waals surface area contributed by atoms with E-state index in [-0.39, 0.29) is 30.1 Å². The number of rotatable bonds is 6. The smallest absolute Gasteiger partial charge is 0.234 e. The molecule has 0 fully saturated rings. The van der Waals surface area contributed by atoms with Crippen molar-refractivity contribution in [1.82, 2.24) is 10.2 Å². The average Bonchev–Trinajstić information content (AvgIpc) is 3.68. The monoisotopic (exact) mass is 578 g/mol. The summed E-state index contributed by atoms with van der Waals surface area (Å²) in [6.45, 7) is 2.16. The maximum atomic E-state index is 13.2. The summed E-state index contributed by atoms with van der Waals surface area (Å²) in [6.07, 6.45) is 1.77. The largest absolute Gasteiger partial charge is 0.454 e. The minimum absolute atomic E-state index is 0.0249. The number of nitriles is 1.